The first kappa shape index (κ1) is 16.3. The average Bonchev–Trinajstić information content (AvgIpc) is 3.23. The third-order valence-electron chi connectivity index (χ3n) is 4.67. The van der Waals surface area contributed by atoms with Crippen LogP contribution in [0.1, 0.15) is 27.7 Å². The number of thiophene rings is 1. The van der Waals surface area contributed by atoms with Gasteiger partial charge in [0, 0.05) is 22.5 Å². The maximum Gasteiger partial charge on any atom is 0.307 e. The Labute approximate surface area is 154 Å². The monoisotopic (exact) mass is 370 g/mol. The zero-order chi connectivity index (χ0) is 17.4. The zero-order valence-corrected chi connectivity index (χ0v) is 15.5. The quantitative estimate of drug-likeness (QED) is 0.709. The van der Waals surface area contributed by atoms with Crippen LogP contribution in [0.4, 0.5) is 0 Å². The van der Waals surface area contributed by atoms with Gasteiger partial charge in [-0.05, 0) is 35.9 Å². The average molecular weight is 370 g/mol. The van der Waals surface area contributed by atoms with E-state index in [1.807, 2.05) is 30.0 Å². The number of aromatic nitrogens is 1. The second-order valence-corrected chi connectivity index (χ2v) is 8.00. The molecule has 1 atom stereocenters. The van der Waals surface area contributed by atoms with Crippen LogP contribution in [0.2, 0.25) is 0 Å². The number of amides is 1. The maximum atomic E-state index is 13.1. The van der Waals surface area contributed by atoms with Crippen molar-refractivity contribution in [3.05, 3.63) is 78.5 Å². The summed E-state index contributed by atoms with van der Waals surface area (Å²) in [5.41, 5.74) is 3.17. The lowest BCUT2D eigenvalue weighted by atomic mass is 9.93. The van der Waals surface area contributed by atoms with E-state index in [0.717, 1.165) is 29.0 Å². The largest absolute Gasteiger partial charge is 0.330 e. The van der Waals surface area contributed by atoms with Gasteiger partial charge >= 0.3 is 4.87 Å². The molecule has 0 N–H and O–H groups in total. The lowest BCUT2D eigenvalue weighted by Crippen LogP contribution is -2.42. The standard InChI is InChI=1S/C19H18N2O2S2/c1-13-12-25-19(23)21(13)11-17(22)20-9-7-16-15(8-10-24-16)18(20)14-5-3-2-4-6-14/h2-6,8,10,12,18H,7,9,11H2,1H3/t18-/m1/s1. The van der Waals surface area contributed by atoms with E-state index in [-0.39, 0.29) is 23.4 Å². The molecular formula is C19H18N2O2S2. The highest BCUT2D eigenvalue weighted by molar-refractivity contribution is 7.10. The number of benzene rings is 1. The lowest BCUT2D eigenvalue weighted by Gasteiger charge is -2.36. The summed E-state index contributed by atoms with van der Waals surface area (Å²) in [6.07, 6.45) is 0.875. The summed E-state index contributed by atoms with van der Waals surface area (Å²) in [4.78, 5) is 28.2. The van der Waals surface area contributed by atoms with E-state index in [4.69, 9.17) is 0 Å². The molecule has 0 saturated carbocycles. The van der Waals surface area contributed by atoms with E-state index < -0.39 is 0 Å². The van der Waals surface area contributed by atoms with E-state index in [1.165, 1.54) is 10.4 Å². The summed E-state index contributed by atoms with van der Waals surface area (Å²) in [6, 6.07) is 12.2. The Bertz CT molecular complexity index is 955. The molecule has 1 amide bonds. The van der Waals surface area contributed by atoms with Crippen LogP contribution in [0.3, 0.4) is 0 Å². The molecular weight excluding hydrogens is 352 g/mol. The first-order valence-corrected chi connectivity index (χ1v) is 9.96. The van der Waals surface area contributed by atoms with Crippen LogP contribution >= 0.6 is 22.7 Å². The Kier molecular flexibility index (Phi) is 4.31. The van der Waals surface area contributed by atoms with E-state index in [2.05, 4.69) is 23.6 Å². The fraction of sp³-hybridized carbons (Fsp3) is 0.263. The fourth-order valence-corrected chi connectivity index (χ4v) is 5.04. The van der Waals surface area contributed by atoms with Crippen molar-refractivity contribution in [1.82, 2.24) is 9.47 Å². The molecule has 6 heteroatoms. The van der Waals surface area contributed by atoms with Crippen LogP contribution in [0.5, 0.6) is 0 Å². The summed E-state index contributed by atoms with van der Waals surface area (Å²) in [5, 5.41) is 3.90. The van der Waals surface area contributed by atoms with Crippen molar-refractivity contribution in [3.8, 4) is 0 Å². The van der Waals surface area contributed by atoms with E-state index in [1.54, 1.807) is 21.3 Å². The van der Waals surface area contributed by atoms with Crippen molar-refractivity contribution >= 4 is 28.6 Å². The van der Waals surface area contributed by atoms with Crippen LogP contribution in [0.25, 0.3) is 0 Å². The Morgan fingerprint density at radius 1 is 1.20 bits per heavy atom. The van der Waals surface area contributed by atoms with Gasteiger partial charge in [0.05, 0.1) is 6.04 Å². The Balaban J connectivity index is 1.70. The van der Waals surface area contributed by atoms with Gasteiger partial charge in [-0.2, -0.15) is 0 Å². The summed E-state index contributed by atoms with van der Waals surface area (Å²) in [7, 11) is 0. The van der Waals surface area contributed by atoms with Gasteiger partial charge in [0.1, 0.15) is 6.54 Å². The molecule has 1 aliphatic heterocycles. The van der Waals surface area contributed by atoms with Gasteiger partial charge in [-0.25, -0.2) is 0 Å². The molecule has 1 aromatic carbocycles. The smallest absolute Gasteiger partial charge is 0.307 e. The van der Waals surface area contributed by atoms with Crippen LogP contribution in [0, 0.1) is 6.92 Å². The van der Waals surface area contributed by atoms with E-state index in [9.17, 15) is 9.59 Å². The Morgan fingerprint density at radius 2 is 2.00 bits per heavy atom. The lowest BCUT2D eigenvalue weighted by molar-refractivity contribution is -0.134. The Hall–Kier alpha value is -2.18. The van der Waals surface area contributed by atoms with Gasteiger partial charge in [0.25, 0.3) is 0 Å². The number of hydrogen-bond donors (Lipinski definition) is 0. The highest BCUT2D eigenvalue weighted by Crippen LogP contribution is 2.37. The molecule has 128 valence electrons. The first-order valence-electron chi connectivity index (χ1n) is 8.21. The SMILES string of the molecule is Cc1csc(=O)n1CC(=O)N1CCc2sccc2[C@H]1c1ccccc1. The number of rotatable bonds is 3. The molecule has 4 rings (SSSR count). The van der Waals surface area contributed by atoms with E-state index in [0.29, 0.717) is 6.54 Å². The topological polar surface area (TPSA) is 42.3 Å². The molecule has 2 aromatic heterocycles. The number of aryl methyl sites for hydroxylation is 1. The molecule has 0 saturated heterocycles. The number of carbonyl (C=O) groups is 1. The number of nitrogens with zero attached hydrogens (tertiary/aromatic N) is 2. The van der Waals surface area contributed by atoms with Gasteiger partial charge in [0.2, 0.25) is 5.91 Å². The molecule has 3 heterocycles. The third-order valence-corrected chi connectivity index (χ3v) is 6.55. The van der Waals surface area contributed by atoms with Crippen molar-refractivity contribution in [2.24, 2.45) is 0 Å². The number of thiazole rings is 1. The molecule has 4 nitrogen and oxygen atoms in total. The van der Waals surface area contributed by atoms with Gasteiger partial charge in [-0.3, -0.25) is 14.2 Å². The van der Waals surface area contributed by atoms with Crippen molar-refractivity contribution in [2.45, 2.75) is 25.9 Å². The van der Waals surface area contributed by atoms with Crippen molar-refractivity contribution in [3.63, 3.8) is 0 Å². The second-order valence-electron chi connectivity index (χ2n) is 6.18. The second kappa shape index (κ2) is 6.61. The molecule has 0 fully saturated rings. The molecule has 3 aromatic rings. The summed E-state index contributed by atoms with van der Waals surface area (Å²) < 4.78 is 1.57. The molecule has 0 radical (unpaired) electrons. The van der Waals surface area contributed by atoms with Gasteiger partial charge < -0.3 is 4.90 Å². The van der Waals surface area contributed by atoms with Crippen molar-refractivity contribution in [1.29, 1.82) is 0 Å². The minimum absolute atomic E-state index is 0.00527. The van der Waals surface area contributed by atoms with Gasteiger partial charge in [-0.15, -0.1) is 11.3 Å². The van der Waals surface area contributed by atoms with Crippen LogP contribution < -0.4 is 4.87 Å². The summed E-state index contributed by atoms with van der Waals surface area (Å²) in [5.74, 6) is -0.00527. The molecule has 0 spiro atoms. The normalized spacial score (nSPS) is 16.7. The number of hydrogen-bond acceptors (Lipinski definition) is 4. The molecule has 0 unspecified atom stereocenters. The zero-order valence-electron chi connectivity index (χ0n) is 13.8. The minimum atomic E-state index is -0.0738. The molecule has 0 aliphatic carbocycles. The van der Waals surface area contributed by atoms with Crippen LogP contribution in [-0.4, -0.2) is 21.9 Å². The highest BCUT2D eigenvalue weighted by Gasteiger charge is 2.32. The highest BCUT2D eigenvalue weighted by atomic mass is 32.1. The van der Waals surface area contributed by atoms with Crippen molar-refractivity contribution in [2.75, 3.05) is 6.54 Å². The fourth-order valence-electron chi connectivity index (χ4n) is 3.40. The summed E-state index contributed by atoms with van der Waals surface area (Å²) in [6.45, 7) is 2.66. The van der Waals surface area contributed by atoms with Crippen molar-refractivity contribution < 1.29 is 4.79 Å². The third kappa shape index (κ3) is 2.96. The molecule has 25 heavy (non-hydrogen) atoms. The van der Waals surface area contributed by atoms with Gasteiger partial charge in [-0.1, -0.05) is 41.7 Å². The predicted octanol–water partition coefficient (Wildman–Crippen LogP) is 3.45. The minimum Gasteiger partial charge on any atom is -0.330 e. The number of carbonyl (C=O) groups excluding carboxylic acids is 1. The first-order chi connectivity index (χ1) is 12.1. The Morgan fingerprint density at radius 3 is 2.72 bits per heavy atom. The van der Waals surface area contributed by atoms with E-state index >= 15 is 0 Å². The summed E-state index contributed by atoms with van der Waals surface area (Å²) >= 11 is 2.90. The number of fused-ring (bicyclic) bond motifs is 1. The maximum absolute atomic E-state index is 13.1. The predicted molar refractivity (Wildman–Crippen MR) is 101 cm³/mol. The van der Waals surface area contributed by atoms with Crippen LogP contribution in [-0.2, 0) is 17.8 Å². The van der Waals surface area contributed by atoms with Gasteiger partial charge in [0.15, 0.2) is 0 Å². The molecule has 1 aliphatic rings. The van der Waals surface area contributed by atoms with Crippen LogP contribution in [0.15, 0.2) is 52.0 Å². The molecule has 0 bridgehead atoms.